The third-order valence-electron chi connectivity index (χ3n) is 4.71. The summed E-state index contributed by atoms with van der Waals surface area (Å²) in [6.07, 6.45) is 2.17. The highest BCUT2D eigenvalue weighted by atomic mass is 35.5. The van der Waals surface area contributed by atoms with Crippen LogP contribution < -0.4 is 10.1 Å². The lowest BCUT2D eigenvalue weighted by Crippen LogP contribution is -2.50. The van der Waals surface area contributed by atoms with Gasteiger partial charge in [0.15, 0.2) is 0 Å². The lowest BCUT2D eigenvalue weighted by Gasteiger charge is -2.36. The molecule has 1 aromatic carbocycles. The van der Waals surface area contributed by atoms with Gasteiger partial charge in [-0.2, -0.15) is 5.10 Å². The van der Waals surface area contributed by atoms with Crippen LogP contribution >= 0.6 is 12.4 Å². The highest BCUT2D eigenvalue weighted by Gasteiger charge is 2.36. The Labute approximate surface area is 148 Å². The largest absolute Gasteiger partial charge is 0.494 e. The van der Waals surface area contributed by atoms with E-state index in [1.54, 1.807) is 7.11 Å². The minimum absolute atomic E-state index is 0. The molecule has 24 heavy (non-hydrogen) atoms. The van der Waals surface area contributed by atoms with E-state index in [0.717, 1.165) is 44.2 Å². The molecule has 1 N–H and O–H groups in total. The molecular weight excluding hydrogens is 328 g/mol. The predicted octanol–water partition coefficient (Wildman–Crippen LogP) is 1.48. The molecule has 2 saturated heterocycles. The fraction of sp³-hybridized carbons (Fsp3) is 0.471. The maximum atomic E-state index is 5.86. The summed E-state index contributed by atoms with van der Waals surface area (Å²) in [5.41, 5.74) is 2.14. The molecule has 130 valence electrons. The van der Waals surface area contributed by atoms with E-state index in [4.69, 9.17) is 9.47 Å². The van der Waals surface area contributed by atoms with Gasteiger partial charge >= 0.3 is 0 Å². The number of nitrogens with one attached hydrogen (secondary N) is 1. The van der Waals surface area contributed by atoms with Gasteiger partial charge in [-0.1, -0.05) is 12.1 Å². The number of rotatable bonds is 4. The van der Waals surface area contributed by atoms with Crippen LogP contribution in [0.2, 0.25) is 0 Å². The Morgan fingerprint density at radius 2 is 2.17 bits per heavy atom. The first kappa shape index (κ1) is 17.2. The summed E-state index contributed by atoms with van der Waals surface area (Å²) in [5.74, 6) is 0.833. The van der Waals surface area contributed by atoms with E-state index in [-0.39, 0.29) is 12.4 Å². The van der Waals surface area contributed by atoms with Crippen molar-refractivity contribution in [3.63, 3.8) is 0 Å². The molecular formula is C17H23ClN4O2. The molecule has 2 aliphatic heterocycles. The van der Waals surface area contributed by atoms with Crippen LogP contribution in [0.3, 0.4) is 0 Å². The molecule has 7 heteroatoms. The van der Waals surface area contributed by atoms with Crippen molar-refractivity contribution in [2.75, 3.05) is 33.4 Å². The number of fused-ring (bicyclic) bond motifs is 1. The zero-order valence-electron chi connectivity index (χ0n) is 13.7. The maximum absolute atomic E-state index is 5.86. The zero-order chi connectivity index (χ0) is 15.6. The minimum atomic E-state index is 0. The van der Waals surface area contributed by atoms with Crippen molar-refractivity contribution < 1.29 is 9.47 Å². The summed E-state index contributed by atoms with van der Waals surface area (Å²) in [7, 11) is 1.69. The van der Waals surface area contributed by atoms with Crippen LogP contribution in [0.4, 0.5) is 0 Å². The van der Waals surface area contributed by atoms with Crippen molar-refractivity contribution in [1.82, 2.24) is 20.0 Å². The van der Waals surface area contributed by atoms with Gasteiger partial charge in [0.1, 0.15) is 11.4 Å². The number of benzene rings is 1. The van der Waals surface area contributed by atoms with Gasteiger partial charge in [-0.15, -0.1) is 12.4 Å². The molecule has 2 aliphatic rings. The smallest absolute Gasteiger partial charge is 0.144 e. The number of aromatic nitrogens is 2. The third-order valence-corrected chi connectivity index (χ3v) is 4.71. The molecule has 2 fully saturated rings. The Kier molecular flexibility index (Phi) is 5.40. The van der Waals surface area contributed by atoms with E-state index >= 15 is 0 Å². The molecule has 2 atom stereocenters. The Bertz CT molecular complexity index is 678. The van der Waals surface area contributed by atoms with Gasteiger partial charge in [0, 0.05) is 32.4 Å². The highest BCUT2D eigenvalue weighted by Crippen LogP contribution is 2.25. The average Bonchev–Trinajstić information content (AvgIpc) is 3.24. The van der Waals surface area contributed by atoms with Crippen LogP contribution in [0, 0.1) is 0 Å². The molecule has 6 nitrogen and oxygen atoms in total. The molecule has 0 radical (unpaired) electrons. The molecule has 3 heterocycles. The monoisotopic (exact) mass is 350 g/mol. The van der Waals surface area contributed by atoms with Crippen molar-refractivity contribution in [2.24, 2.45) is 0 Å². The van der Waals surface area contributed by atoms with Crippen LogP contribution in [-0.2, 0) is 11.3 Å². The lowest BCUT2D eigenvalue weighted by atomic mass is 10.1. The first-order valence-electron chi connectivity index (χ1n) is 8.09. The number of para-hydroxylation sites is 2. The zero-order valence-corrected chi connectivity index (χ0v) is 14.5. The number of hydrogen-bond acceptors (Lipinski definition) is 5. The van der Waals surface area contributed by atoms with Crippen LogP contribution in [0.5, 0.6) is 5.75 Å². The van der Waals surface area contributed by atoms with Crippen LogP contribution in [0.1, 0.15) is 5.69 Å². The maximum Gasteiger partial charge on any atom is 0.144 e. The molecule has 0 saturated carbocycles. The molecule has 0 aliphatic carbocycles. The molecule has 1 aromatic heterocycles. The molecule has 0 unspecified atom stereocenters. The topological polar surface area (TPSA) is 51.5 Å². The Balaban J connectivity index is 0.00000169. The number of hydrogen-bond donors (Lipinski definition) is 1. The second-order valence-corrected chi connectivity index (χ2v) is 6.01. The predicted molar refractivity (Wildman–Crippen MR) is 94.2 cm³/mol. The fourth-order valence-corrected chi connectivity index (χ4v) is 3.54. The molecule has 0 spiro atoms. The van der Waals surface area contributed by atoms with Gasteiger partial charge in [-0.3, -0.25) is 4.90 Å². The molecule has 0 amide bonds. The summed E-state index contributed by atoms with van der Waals surface area (Å²) < 4.78 is 13.3. The lowest BCUT2D eigenvalue weighted by molar-refractivity contribution is -0.0506. The normalized spacial score (nSPS) is 23.5. The Hall–Kier alpha value is -1.60. The number of methoxy groups -OCH3 is 1. The summed E-state index contributed by atoms with van der Waals surface area (Å²) in [6, 6.07) is 10.5. The number of nitrogens with zero attached hydrogens (tertiary/aromatic N) is 3. The van der Waals surface area contributed by atoms with Crippen LogP contribution in [0.25, 0.3) is 5.69 Å². The van der Waals surface area contributed by atoms with Gasteiger partial charge < -0.3 is 14.8 Å². The summed E-state index contributed by atoms with van der Waals surface area (Å²) in [5, 5.41) is 7.94. The van der Waals surface area contributed by atoms with Gasteiger partial charge in [0.05, 0.1) is 31.6 Å². The number of morpholine rings is 1. The minimum Gasteiger partial charge on any atom is -0.494 e. The second kappa shape index (κ2) is 7.53. The first-order valence-corrected chi connectivity index (χ1v) is 8.09. The van der Waals surface area contributed by atoms with E-state index < -0.39 is 0 Å². The van der Waals surface area contributed by atoms with Crippen molar-refractivity contribution in [3.05, 3.63) is 42.2 Å². The van der Waals surface area contributed by atoms with E-state index in [2.05, 4.69) is 21.4 Å². The van der Waals surface area contributed by atoms with Crippen molar-refractivity contribution >= 4 is 12.4 Å². The average molecular weight is 351 g/mol. The van der Waals surface area contributed by atoms with Crippen LogP contribution in [-0.4, -0.2) is 60.2 Å². The standard InChI is InChI=1S/C17H22N4O2.ClH/c1-22-16-5-3-2-4-14(16)21-13(6-7-19-21)12-20-8-9-23-17-11-18-10-15(17)20;/h2-7,15,17-18H,8-12H2,1H3;1H/t15-,17+;/m1./s1. The molecule has 4 rings (SSSR count). The van der Waals surface area contributed by atoms with E-state index in [1.165, 1.54) is 5.69 Å². The van der Waals surface area contributed by atoms with E-state index in [9.17, 15) is 0 Å². The van der Waals surface area contributed by atoms with Gasteiger partial charge in [-0.05, 0) is 18.2 Å². The molecule has 2 aromatic rings. The SMILES string of the molecule is COc1ccccc1-n1nccc1CN1CCO[C@H]2CNC[C@H]21.Cl. The number of ether oxygens (including phenoxy) is 2. The van der Waals surface area contributed by atoms with Crippen molar-refractivity contribution in [1.29, 1.82) is 0 Å². The summed E-state index contributed by atoms with van der Waals surface area (Å²) >= 11 is 0. The van der Waals surface area contributed by atoms with Crippen molar-refractivity contribution in [3.8, 4) is 11.4 Å². The summed E-state index contributed by atoms with van der Waals surface area (Å²) in [4.78, 5) is 2.50. The Morgan fingerprint density at radius 3 is 3.04 bits per heavy atom. The highest BCUT2D eigenvalue weighted by molar-refractivity contribution is 5.85. The van der Waals surface area contributed by atoms with Gasteiger partial charge in [0.25, 0.3) is 0 Å². The summed E-state index contributed by atoms with van der Waals surface area (Å²) in [6.45, 7) is 4.57. The molecule has 0 bridgehead atoms. The fourth-order valence-electron chi connectivity index (χ4n) is 3.54. The Morgan fingerprint density at radius 1 is 1.29 bits per heavy atom. The second-order valence-electron chi connectivity index (χ2n) is 6.01. The van der Waals surface area contributed by atoms with Crippen LogP contribution in [0.15, 0.2) is 36.5 Å². The van der Waals surface area contributed by atoms with E-state index in [1.807, 2.05) is 35.1 Å². The van der Waals surface area contributed by atoms with Gasteiger partial charge in [-0.25, -0.2) is 4.68 Å². The van der Waals surface area contributed by atoms with E-state index in [0.29, 0.717) is 12.1 Å². The number of halogens is 1. The first-order chi connectivity index (χ1) is 11.4. The quantitative estimate of drug-likeness (QED) is 0.905. The third kappa shape index (κ3) is 3.15. The van der Waals surface area contributed by atoms with Crippen molar-refractivity contribution in [2.45, 2.75) is 18.7 Å². The van der Waals surface area contributed by atoms with Gasteiger partial charge in [0.2, 0.25) is 0 Å².